The summed E-state index contributed by atoms with van der Waals surface area (Å²) in [6.07, 6.45) is 7.43. The number of aromatic nitrogens is 2. The van der Waals surface area contributed by atoms with Crippen LogP contribution in [0.3, 0.4) is 0 Å². The second-order valence-electron chi connectivity index (χ2n) is 4.86. The number of pyridine rings is 1. The van der Waals surface area contributed by atoms with Gasteiger partial charge in [-0.2, -0.15) is 0 Å². The van der Waals surface area contributed by atoms with Gasteiger partial charge in [0.15, 0.2) is 5.13 Å². The number of anilines is 1. The molecule has 0 N–H and O–H groups in total. The molecule has 4 nitrogen and oxygen atoms in total. The fraction of sp³-hybridized carbons (Fsp3) is 0.429. The van der Waals surface area contributed by atoms with E-state index in [9.17, 15) is 0 Å². The summed E-state index contributed by atoms with van der Waals surface area (Å²) in [6, 6.07) is 1.81. The van der Waals surface area contributed by atoms with Crippen molar-refractivity contribution in [2.24, 2.45) is 5.92 Å². The zero-order valence-corrected chi connectivity index (χ0v) is 12.6. The van der Waals surface area contributed by atoms with Gasteiger partial charge in [-0.1, -0.05) is 11.6 Å². The molecule has 20 heavy (non-hydrogen) atoms. The van der Waals surface area contributed by atoms with Gasteiger partial charge in [-0.15, -0.1) is 11.3 Å². The van der Waals surface area contributed by atoms with Crippen LogP contribution in [0.25, 0.3) is 0 Å². The number of ether oxygens (including phenoxy) is 1. The Labute approximate surface area is 127 Å². The Hall–Kier alpha value is -1.33. The fourth-order valence-corrected chi connectivity index (χ4v) is 3.22. The summed E-state index contributed by atoms with van der Waals surface area (Å²) >= 11 is 7.73. The molecule has 0 aliphatic carbocycles. The molecule has 1 aliphatic heterocycles. The second-order valence-corrected chi connectivity index (χ2v) is 6.14. The van der Waals surface area contributed by atoms with E-state index in [2.05, 4.69) is 14.9 Å². The SMILES string of the molecule is Clc1cnccc1OCC1CCN(c2nccs2)CC1. The third kappa shape index (κ3) is 3.22. The molecular weight excluding hydrogens is 294 g/mol. The maximum atomic E-state index is 6.03. The van der Waals surface area contributed by atoms with Crippen molar-refractivity contribution in [1.82, 2.24) is 9.97 Å². The van der Waals surface area contributed by atoms with Crippen LogP contribution in [-0.2, 0) is 0 Å². The van der Waals surface area contributed by atoms with Gasteiger partial charge in [0.25, 0.3) is 0 Å². The number of thiazole rings is 1. The summed E-state index contributed by atoms with van der Waals surface area (Å²) in [5, 5.41) is 3.73. The average molecular weight is 310 g/mol. The fourth-order valence-electron chi connectivity index (χ4n) is 2.35. The van der Waals surface area contributed by atoms with E-state index in [0.29, 0.717) is 10.9 Å². The third-order valence-corrected chi connectivity index (χ3v) is 4.63. The topological polar surface area (TPSA) is 38.2 Å². The summed E-state index contributed by atoms with van der Waals surface area (Å²) in [4.78, 5) is 10.7. The maximum absolute atomic E-state index is 6.03. The van der Waals surface area contributed by atoms with Crippen LogP contribution in [0, 0.1) is 5.92 Å². The predicted molar refractivity (Wildman–Crippen MR) is 81.8 cm³/mol. The third-order valence-electron chi connectivity index (χ3n) is 3.51. The van der Waals surface area contributed by atoms with Crippen molar-refractivity contribution < 1.29 is 4.74 Å². The molecule has 1 aliphatic rings. The van der Waals surface area contributed by atoms with Gasteiger partial charge < -0.3 is 9.64 Å². The molecule has 106 valence electrons. The van der Waals surface area contributed by atoms with Crippen LogP contribution in [0.1, 0.15) is 12.8 Å². The highest BCUT2D eigenvalue weighted by atomic mass is 35.5. The summed E-state index contributed by atoms with van der Waals surface area (Å²) in [6.45, 7) is 2.81. The number of rotatable bonds is 4. The molecule has 6 heteroatoms. The first kappa shape index (κ1) is 13.6. The smallest absolute Gasteiger partial charge is 0.185 e. The largest absolute Gasteiger partial charge is 0.492 e. The van der Waals surface area contributed by atoms with Gasteiger partial charge >= 0.3 is 0 Å². The molecule has 0 bridgehead atoms. The quantitative estimate of drug-likeness (QED) is 0.866. The van der Waals surface area contributed by atoms with Crippen LogP contribution in [-0.4, -0.2) is 29.7 Å². The molecule has 0 unspecified atom stereocenters. The number of piperidine rings is 1. The van der Waals surface area contributed by atoms with E-state index in [4.69, 9.17) is 16.3 Å². The van der Waals surface area contributed by atoms with Crippen molar-refractivity contribution in [3.8, 4) is 5.75 Å². The first-order valence-corrected chi connectivity index (χ1v) is 7.95. The van der Waals surface area contributed by atoms with Crippen LogP contribution >= 0.6 is 22.9 Å². The molecule has 1 fully saturated rings. The zero-order chi connectivity index (χ0) is 13.8. The summed E-state index contributed by atoms with van der Waals surface area (Å²) in [5.74, 6) is 1.31. The Bertz CT molecular complexity index is 541. The first-order chi connectivity index (χ1) is 9.83. The normalized spacial score (nSPS) is 16.4. The zero-order valence-electron chi connectivity index (χ0n) is 11.0. The van der Waals surface area contributed by atoms with Crippen molar-refractivity contribution in [3.05, 3.63) is 35.1 Å². The van der Waals surface area contributed by atoms with Crippen LogP contribution in [0.2, 0.25) is 5.02 Å². The lowest BCUT2D eigenvalue weighted by Gasteiger charge is -2.31. The van der Waals surface area contributed by atoms with Crippen molar-refractivity contribution in [3.63, 3.8) is 0 Å². The molecule has 0 amide bonds. The lowest BCUT2D eigenvalue weighted by molar-refractivity contribution is 0.223. The molecule has 0 spiro atoms. The van der Waals surface area contributed by atoms with Gasteiger partial charge in [-0.05, 0) is 18.8 Å². The van der Waals surface area contributed by atoms with Gasteiger partial charge in [-0.25, -0.2) is 4.98 Å². The van der Waals surface area contributed by atoms with Gasteiger partial charge in [0.05, 0.1) is 6.61 Å². The van der Waals surface area contributed by atoms with Crippen molar-refractivity contribution in [2.45, 2.75) is 12.8 Å². The molecule has 0 aromatic carbocycles. The Morgan fingerprint density at radius 2 is 2.20 bits per heavy atom. The van der Waals surface area contributed by atoms with Gasteiger partial charge in [0.2, 0.25) is 0 Å². The lowest BCUT2D eigenvalue weighted by atomic mass is 9.98. The first-order valence-electron chi connectivity index (χ1n) is 6.69. The van der Waals surface area contributed by atoms with Gasteiger partial charge in [0.1, 0.15) is 10.8 Å². The Morgan fingerprint density at radius 3 is 2.90 bits per heavy atom. The molecule has 2 aromatic heterocycles. The molecule has 0 atom stereocenters. The molecule has 0 saturated carbocycles. The lowest BCUT2D eigenvalue weighted by Crippen LogP contribution is -2.35. The van der Waals surface area contributed by atoms with Crippen molar-refractivity contribution in [1.29, 1.82) is 0 Å². The van der Waals surface area contributed by atoms with Crippen LogP contribution in [0.15, 0.2) is 30.0 Å². The second kappa shape index (κ2) is 6.41. The summed E-state index contributed by atoms with van der Waals surface area (Å²) in [7, 11) is 0. The standard InChI is InChI=1S/C14H16ClN3OS/c15-12-9-16-4-1-13(12)19-10-11-2-6-18(7-3-11)14-17-5-8-20-14/h1,4-5,8-9,11H,2-3,6-7,10H2. The molecule has 1 saturated heterocycles. The average Bonchev–Trinajstić information content (AvgIpc) is 3.01. The van der Waals surface area contributed by atoms with Gasteiger partial charge in [-0.3, -0.25) is 4.98 Å². The highest BCUT2D eigenvalue weighted by Gasteiger charge is 2.21. The predicted octanol–water partition coefficient (Wildman–Crippen LogP) is 3.49. The Morgan fingerprint density at radius 1 is 1.35 bits per heavy atom. The minimum absolute atomic E-state index is 0.577. The van der Waals surface area contributed by atoms with E-state index in [1.54, 1.807) is 23.7 Å². The van der Waals surface area contributed by atoms with Crippen molar-refractivity contribution in [2.75, 3.05) is 24.6 Å². The van der Waals surface area contributed by atoms with Crippen LogP contribution in [0.4, 0.5) is 5.13 Å². The Balaban J connectivity index is 1.48. The number of hydrogen-bond acceptors (Lipinski definition) is 5. The minimum atomic E-state index is 0.577. The number of hydrogen-bond donors (Lipinski definition) is 0. The molecule has 3 heterocycles. The monoisotopic (exact) mass is 309 g/mol. The van der Waals surface area contributed by atoms with E-state index in [1.165, 1.54) is 0 Å². The minimum Gasteiger partial charge on any atom is -0.492 e. The van der Waals surface area contributed by atoms with Gasteiger partial charge in [0, 0.05) is 43.1 Å². The van der Waals surface area contributed by atoms with Crippen molar-refractivity contribution >= 4 is 28.1 Å². The number of halogens is 1. The summed E-state index contributed by atoms with van der Waals surface area (Å²) < 4.78 is 5.80. The summed E-state index contributed by atoms with van der Waals surface area (Å²) in [5.41, 5.74) is 0. The van der Waals surface area contributed by atoms with E-state index >= 15 is 0 Å². The maximum Gasteiger partial charge on any atom is 0.185 e. The molecule has 2 aromatic rings. The van der Waals surface area contributed by atoms with E-state index in [1.807, 2.05) is 17.6 Å². The van der Waals surface area contributed by atoms with Crippen LogP contribution in [0.5, 0.6) is 5.75 Å². The molecule has 3 rings (SSSR count). The molecular formula is C14H16ClN3OS. The highest BCUT2D eigenvalue weighted by Crippen LogP contribution is 2.27. The van der Waals surface area contributed by atoms with E-state index in [-0.39, 0.29) is 0 Å². The Kier molecular flexibility index (Phi) is 4.38. The number of nitrogens with zero attached hydrogens (tertiary/aromatic N) is 3. The van der Waals surface area contributed by atoms with E-state index in [0.717, 1.165) is 43.4 Å². The van der Waals surface area contributed by atoms with Crippen LogP contribution < -0.4 is 9.64 Å². The highest BCUT2D eigenvalue weighted by molar-refractivity contribution is 7.13. The molecule has 0 radical (unpaired) electrons. The van der Waals surface area contributed by atoms with E-state index < -0.39 is 0 Å².